The van der Waals surface area contributed by atoms with Gasteiger partial charge in [-0.3, -0.25) is 4.79 Å². The molecule has 4 heteroatoms. The van der Waals surface area contributed by atoms with Crippen LogP contribution in [0.1, 0.15) is 12.8 Å². The van der Waals surface area contributed by atoms with Crippen LogP contribution in [0.15, 0.2) is 0 Å². The van der Waals surface area contributed by atoms with Gasteiger partial charge in [-0.25, -0.2) is 3.11 Å². The molecule has 0 saturated carbocycles. The van der Waals surface area contributed by atoms with Crippen molar-refractivity contribution in [1.82, 2.24) is 8.43 Å². The van der Waals surface area contributed by atoms with Crippen molar-refractivity contribution in [1.29, 1.82) is 0 Å². The number of hydrogen-bond acceptors (Lipinski definition) is 2. The summed E-state index contributed by atoms with van der Waals surface area (Å²) in [6.45, 7) is 2.02. The van der Waals surface area contributed by atoms with Gasteiger partial charge < -0.3 is 5.32 Å². The quantitative estimate of drug-likeness (QED) is 0.563. The molecule has 0 radical (unpaired) electrons. The minimum absolute atomic E-state index is 0.186. The summed E-state index contributed by atoms with van der Waals surface area (Å²) >= 11 is 2.27. The molecule has 1 amide bonds. The largest absolute Gasteiger partial charge is 0.359 e. The highest BCUT2D eigenvalue weighted by molar-refractivity contribution is 14.1. The van der Waals surface area contributed by atoms with Crippen molar-refractivity contribution in [2.75, 3.05) is 20.1 Å². The maximum atomic E-state index is 11.2. The summed E-state index contributed by atoms with van der Waals surface area (Å²) in [5, 5.41) is 2.69. The SMILES string of the molecule is CNC(=O)[C@@H]1CCCN(I)C1. The van der Waals surface area contributed by atoms with E-state index >= 15 is 0 Å². The molecule has 1 heterocycles. The minimum Gasteiger partial charge on any atom is -0.359 e. The van der Waals surface area contributed by atoms with E-state index in [2.05, 4.69) is 31.3 Å². The van der Waals surface area contributed by atoms with Gasteiger partial charge in [0.2, 0.25) is 5.91 Å². The molecule has 3 nitrogen and oxygen atoms in total. The predicted molar refractivity (Wildman–Crippen MR) is 52.4 cm³/mol. The van der Waals surface area contributed by atoms with Gasteiger partial charge in [-0.2, -0.15) is 0 Å². The summed E-state index contributed by atoms with van der Waals surface area (Å²) in [5.41, 5.74) is 0. The summed E-state index contributed by atoms with van der Waals surface area (Å²) in [5.74, 6) is 0.400. The number of carbonyl (C=O) groups excluding carboxylic acids is 1. The summed E-state index contributed by atoms with van der Waals surface area (Å²) < 4.78 is 2.18. The molecule has 1 atom stereocenters. The van der Waals surface area contributed by atoms with E-state index < -0.39 is 0 Å². The molecule has 1 fully saturated rings. The van der Waals surface area contributed by atoms with Crippen LogP contribution in [-0.2, 0) is 4.79 Å². The molecule has 0 aliphatic carbocycles. The molecule has 11 heavy (non-hydrogen) atoms. The Labute approximate surface area is 81.0 Å². The fraction of sp³-hybridized carbons (Fsp3) is 0.857. The van der Waals surface area contributed by atoms with Crippen LogP contribution in [0.3, 0.4) is 0 Å². The van der Waals surface area contributed by atoms with Crippen molar-refractivity contribution in [3.63, 3.8) is 0 Å². The van der Waals surface area contributed by atoms with Crippen LogP contribution in [0.5, 0.6) is 0 Å². The van der Waals surface area contributed by atoms with Gasteiger partial charge in [-0.1, -0.05) is 0 Å². The smallest absolute Gasteiger partial charge is 0.224 e. The molecule has 1 aliphatic rings. The molecule has 1 N–H and O–H groups in total. The van der Waals surface area contributed by atoms with E-state index in [-0.39, 0.29) is 11.8 Å². The van der Waals surface area contributed by atoms with E-state index in [0.29, 0.717) is 0 Å². The molecular weight excluding hydrogens is 255 g/mol. The third-order valence-corrected chi connectivity index (χ3v) is 2.87. The van der Waals surface area contributed by atoms with Gasteiger partial charge in [0.25, 0.3) is 0 Å². The number of halogens is 1. The second kappa shape index (κ2) is 4.25. The first kappa shape index (κ1) is 9.25. The molecule has 0 unspecified atom stereocenters. The fourth-order valence-corrected chi connectivity index (χ4v) is 2.17. The molecule has 1 aliphatic heterocycles. The summed E-state index contributed by atoms with van der Waals surface area (Å²) in [6.07, 6.45) is 2.18. The van der Waals surface area contributed by atoms with Gasteiger partial charge in [0.1, 0.15) is 0 Å². The average Bonchev–Trinajstić information content (AvgIpc) is 2.03. The Kier molecular flexibility index (Phi) is 3.58. The molecule has 0 bridgehead atoms. The molecule has 0 aromatic heterocycles. The van der Waals surface area contributed by atoms with Crippen LogP contribution in [0.4, 0.5) is 0 Å². The van der Waals surface area contributed by atoms with Crippen molar-refractivity contribution < 1.29 is 4.79 Å². The number of piperidine rings is 1. The first-order chi connectivity index (χ1) is 5.24. The first-order valence-corrected chi connectivity index (χ1v) is 4.83. The van der Waals surface area contributed by atoms with Crippen molar-refractivity contribution >= 4 is 28.8 Å². The van der Waals surface area contributed by atoms with Gasteiger partial charge in [0.05, 0.1) is 5.92 Å². The van der Waals surface area contributed by atoms with Crippen LogP contribution < -0.4 is 5.32 Å². The standard InChI is InChI=1S/C7H13IN2O/c1-9-7(11)6-3-2-4-10(8)5-6/h6H,2-5H2,1H3,(H,9,11)/t6-/m1/s1. The highest BCUT2D eigenvalue weighted by Gasteiger charge is 2.23. The van der Waals surface area contributed by atoms with Gasteiger partial charge in [-0.15, -0.1) is 0 Å². The minimum atomic E-state index is 0.186. The second-order valence-electron chi connectivity index (χ2n) is 2.82. The second-order valence-corrected chi connectivity index (χ2v) is 4.19. The normalized spacial score (nSPS) is 26.5. The highest BCUT2D eigenvalue weighted by atomic mass is 127. The van der Waals surface area contributed by atoms with Crippen LogP contribution in [0.25, 0.3) is 0 Å². The maximum Gasteiger partial charge on any atom is 0.224 e. The van der Waals surface area contributed by atoms with Crippen LogP contribution >= 0.6 is 22.9 Å². The average molecular weight is 268 g/mol. The lowest BCUT2D eigenvalue weighted by Gasteiger charge is -2.26. The summed E-state index contributed by atoms with van der Waals surface area (Å²) in [7, 11) is 1.70. The molecule has 1 saturated heterocycles. The molecule has 0 spiro atoms. The van der Waals surface area contributed by atoms with Gasteiger partial charge in [0.15, 0.2) is 0 Å². The highest BCUT2D eigenvalue weighted by Crippen LogP contribution is 2.18. The number of rotatable bonds is 1. The Hall–Kier alpha value is 0.160. The zero-order valence-electron chi connectivity index (χ0n) is 6.64. The Morgan fingerprint density at radius 1 is 1.73 bits per heavy atom. The summed E-state index contributed by atoms with van der Waals surface area (Å²) in [6, 6.07) is 0. The van der Waals surface area contributed by atoms with Gasteiger partial charge in [0, 0.05) is 43.0 Å². The van der Waals surface area contributed by atoms with E-state index in [1.165, 1.54) is 0 Å². The summed E-state index contributed by atoms with van der Waals surface area (Å²) in [4.78, 5) is 11.2. The number of nitrogens with one attached hydrogen (secondary N) is 1. The van der Waals surface area contributed by atoms with E-state index in [4.69, 9.17) is 0 Å². The lowest BCUT2D eigenvalue weighted by molar-refractivity contribution is -0.125. The lowest BCUT2D eigenvalue weighted by atomic mass is 9.99. The van der Waals surface area contributed by atoms with Crippen LogP contribution in [0, 0.1) is 5.92 Å². The Bertz CT molecular complexity index is 151. The lowest BCUT2D eigenvalue weighted by Crippen LogP contribution is -2.37. The number of carbonyl (C=O) groups is 1. The number of nitrogens with zero attached hydrogens (tertiary/aromatic N) is 1. The monoisotopic (exact) mass is 268 g/mol. The van der Waals surface area contributed by atoms with Crippen molar-refractivity contribution in [3.8, 4) is 0 Å². The predicted octanol–water partition coefficient (Wildman–Crippen LogP) is 0.794. The molecule has 0 aromatic rings. The van der Waals surface area contributed by atoms with Crippen LogP contribution in [0.2, 0.25) is 0 Å². The van der Waals surface area contributed by atoms with E-state index in [9.17, 15) is 4.79 Å². The zero-order valence-corrected chi connectivity index (χ0v) is 8.80. The third kappa shape index (κ3) is 2.59. The Morgan fingerprint density at radius 2 is 2.45 bits per heavy atom. The van der Waals surface area contributed by atoms with E-state index in [1.54, 1.807) is 7.05 Å². The van der Waals surface area contributed by atoms with Gasteiger partial charge in [-0.05, 0) is 12.8 Å². The Morgan fingerprint density at radius 3 is 3.00 bits per heavy atom. The number of hydrogen-bond donors (Lipinski definition) is 1. The van der Waals surface area contributed by atoms with E-state index in [1.807, 2.05) is 0 Å². The molecule has 0 aromatic carbocycles. The topological polar surface area (TPSA) is 32.3 Å². The molecular formula is C7H13IN2O. The molecule has 1 rings (SSSR count). The Balaban J connectivity index is 2.39. The number of amides is 1. The molecule has 64 valence electrons. The van der Waals surface area contributed by atoms with E-state index in [0.717, 1.165) is 25.9 Å². The van der Waals surface area contributed by atoms with Crippen molar-refractivity contribution in [2.24, 2.45) is 5.92 Å². The fourth-order valence-electron chi connectivity index (χ4n) is 1.35. The maximum absolute atomic E-state index is 11.2. The van der Waals surface area contributed by atoms with Gasteiger partial charge >= 0.3 is 0 Å². The van der Waals surface area contributed by atoms with Crippen molar-refractivity contribution in [3.05, 3.63) is 0 Å². The third-order valence-electron chi connectivity index (χ3n) is 1.99. The first-order valence-electron chi connectivity index (χ1n) is 3.86. The van der Waals surface area contributed by atoms with Crippen molar-refractivity contribution in [2.45, 2.75) is 12.8 Å². The zero-order chi connectivity index (χ0) is 8.27. The van der Waals surface area contributed by atoms with Crippen LogP contribution in [-0.4, -0.2) is 29.2 Å².